The highest BCUT2D eigenvalue weighted by Gasteiger charge is 2.29. The molecule has 7 heteroatoms. The number of benzene rings is 2. The van der Waals surface area contributed by atoms with Crippen LogP contribution >= 0.6 is 15.9 Å². The second kappa shape index (κ2) is 8.70. The number of hydrogen-bond acceptors (Lipinski definition) is 4. The molecule has 30 heavy (non-hydrogen) atoms. The summed E-state index contributed by atoms with van der Waals surface area (Å²) in [5.74, 6) is 0.352. The first-order chi connectivity index (χ1) is 14.4. The topological polar surface area (TPSA) is 73.2 Å². The van der Waals surface area contributed by atoms with Crippen molar-refractivity contribution in [2.45, 2.75) is 45.4 Å². The van der Waals surface area contributed by atoms with Crippen molar-refractivity contribution in [1.82, 2.24) is 9.55 Å². The van der Waals surface area contributed by atoms with Crippen LogP contribution in [-0.2, 0) is 11.3 Å². The molecule has 2 atom stereocenters. The Labute approximate surface area is 183 Å². The fraction of sp³-hybridized carbons (Fsp3) is 0.348. The van der Waals surface area contributed by atoms with Gasteiger partial charge in [0, 0.05) is 10.0 Å². The molecule has 0 bridgehead atoms. The van der Waals surface area contributed by atoms with Crippen molar-refractivity contribution in [2.24, 2.45) is 5.92 Å². The van der Waals surface area contributed by atoms with E-state index in [1.165, 1.54) is 4.57 Å². The average Bonchev–Trinajstić information content (AvgIpc) is 3.20. The fourth-order valence-electron chi connectivity index (χ4n) is 3.78. The molecule has 0 saturated carbocycles. The Morgan fingerprint density at radius 1 is 1.23 bits per heavy atom. The van der Waals surface area contributed by atoms with E-state index in [-0.39, 0.29) is 29.6 Å². The van der Waals surface area contributed by atoms with Crippen LogP contribution in [0.5, 0.6) is 0 Å². The van der Waals surface area contributed by atoms with Gasteiger partial charge >= 0.3 is 0 Å². The van der Waals surface area contributed by atoms with E-state index < -0.39 is 0 Å². The number of anilines is 1. The predicted octanol–water partition coefficient (Wildman–Crippen LogP) is 4.61. The van der Waals surface area contributed by atoms with E-state index in [0.717, 1.165) is 17.3 Å². The van der Waals surface area contributed by atoms with Gasteiger partial charge in [-0.25, -0.2) is 4.98 Å². The zero-order chi connectivity index (χ0) is 21.3. The summed E-state index contributed by atoms with van der Waals surface area (Å²) in [5.41, 5.74) is 0.846. The minimum Gasteiger partial charge on any atom is -0.373 e. The normalized spacial score (nSPS) is 18.8. The molecule has 0 spiro atoms. The summed E-state index contributed by atoms with van der Waals surface area (Å²) in [5, 5.41) is 3.34. The van der Waals surface area contributed by atoms with Crippen LogP contribution in [0.3, 0.4) is 0 Å². The van der Waals surface area contributed by atoms with Crippen LogP contribution in [0.25, 0.3) is 10.9 Å². The number of rotatable bonds is 5. The molecule has 1 aromatic heterocycles. The molecule has 1 fully saturated rings. The number of aromatic nitrogens is 2. The zero-order valence-electron chi connectivity index (χ0n) is 17.0. The Kier molecular flexibility index (Phi) is 6.01. The van der Waals surface area contributed by atoms with Crippen LogP contribution in [0.4, 0.5) is 5.95 Å². The maximum atomic E-state index is 13.3. The number of nitrogens with one attached hydrogen (secondary N) is 1. The largest absolute Gasteiger partial charge is 0.373 e. The third kappa shape index (κ3) is 4.32. The van der Waals surface area contributed by atoms with Crippen molar-refractivity contribution >= 4 is 38.7 Å². The number of ether oxygens (including phenoxy) is 1. The number of carbonyl (C=O) groups is 1. The summed E-state index contributed by atoms with van der Waals surface area (Å²) in [6.07, 6.45) is 1.95. The smallest absolute Gasteiger partial charge is 0.262 e. The first kappa shape index (κ1) is 20.8. The molecular weight excluding hydrogens is 446 g/mol. The van der Waals surface area contributed by atoms with Crippen LogP contribution in [0.15, 0.2) is 57.8 Å². The lowest BCUT2D eigenvalue weighted by Gasteiger charge is -2.19. The van der Waals surface area contributed by atoms with Crippen molar-refractivity contribution < 1.29 is 9.53 Å². The molecule has 1 aliphatic heterocycles. The molecule has 2 unspecified atom stereocenters. The molecule has 6 nitrogen and oxygen atoms in total. The molecule has 2 heterocycles. The maximum Gasteiger partial charge on any atom is 0.262 e. The molecule has 156 valence electrons. The number of carbonyl (C=O) groups excluding carboxylic acids is 1. The number of amides is 1. The highest BCUT2D eigenvalue weighted by molar-refractivity contribution is 9.10. The summed E-state index contributed by atoms with van der Waals surface area (Å²) in [6.45, 7) is 4.63. The lowest BCUT2D eigenvalue weighted by Crippen LogP contribution is -2.32. The summed E-state index contributed by atoms with van der Waals surface area (Å²) in [7, 11) is 0. The van der Waals surface area contributed by atoms with Crippen LogP contribution in [0, 0.1) is 5.92 Å². The van der Waals surface area contributed by atoms with Gasteiger partial charge in [0.25, 0.3) is 11.5 Å². The highest BCUT2D eigenvalue weighted by atomic mass is 79.9. The SMILES string of the molecule is CC(C)C1CCC(Cn2c(NC(=O)c3ccccc3)nc3cc(Br)ccc3c2=O)O1. The van der Waals surface area contributed by atoms with E-state index in [1.54, 1.807) is 36.4 Å². The average molecular weight is 470 g/mol. The van der Waals surface area contributed by atoms with Crippen LogP contribution in [0.2, 0.25) is 0 Å². The number of nitrogens with zero attached hydrogens (tertiary/aromatic N) is 2. The Morgan fingerprint density at radius 3 is 2.70 bits per heavy atom. The molecule has 1 aliphatic rings. The van der Waals surface area contributed by atoms with Crippen LogP contribution in [-0.4, -0.2) is 27.7 Å². The van der Waals surface area contributed by atoms with Gasteiger partial charge in [-0.2, -0.15) is 0 Å². The maximum absolute atomic E-state index is 13.3. The van der Waals surface area contributed by atoms with E-state index >= 15 is 0 Å². The molecule has 3 aromatic rings. The van der Waals surface area contributed by atoms with Gasteiger partial charge < -0.3 is 4.74 Å². The Bertz CT molecular complexity index is 1130. The van der Waals surface area contributed by atoms with Crippen LogP contribution in [0.1, 0.15) is 37.0 Å². The van der Waals surface area contributed by atoms with E-state index in [4.69, 9.17) is 4.74 Å². The quantitative estimate of drug-likeness (QED) is 0.591. The molecule has 1 saturated heterocycles. The van der Waals surface area contributed by atoms with Gasteiger partial charge in [0.05, 0.1) is 29.7 Å². The van der Waals surface area contributed by atoms with Gasteiger partial charge in [-0.3, -0.25) is 19.5 Å². The number of hydrogen-bond donors (Lipinski definition) is 1. The Hall–Kier alpha value is -2.51. The molecule has 2 aromatic carbocycles. The number of fused-ring (bicyclic) bond motifs is 1. The van der Waals surface area contributed by atoms with Crippen molar-refractivity contribution in [3.8, 4) is 0 Å². The van der Waals surface area contributed by atoms with Gasteiger partial charge in [0.2, 0.25) is 5.95 Å². The molecule has 1 N–H and O–H groups in total. The van der Waals surface area contributed by atoms with Gasteiger partial charge in [-0.05, 0) is 49.1 Å². The summed E-state index contributed by atoms with van der Waals surface area (Å²) in [6, 6.07) is 14.2. The van der Waals surface area contributed by atoms with E-state index in [0.29, 0.717) is 28.9 Å². The van der Waals surface area contributed by atoms with E-state index in [2.05, 4.69) is 40.1 Å². The van der Waals surface area contributed by atoms with Gasteiger partial charge in [-0.1, -0.05) is 48.0 Å². The Morgan fingerprint density at radius 2 is 2.00 bits per heavy atom. The standard InChI is InChI=1S/C23H24BrN3O3/c1-14(2)20-11-9-17(30-20)13-27-22(29)18-10-8-16(24)12-19(18)25-23(27)26-21(28)15-6-4-3-5-7-15/h3-8,10,12,14,17,20H,9,11,13H2,1-2H3,(H,25,26,28). The zero-order valence-corrected chi connectivity index (χ0v) is 18.6. The first-order valence-corrected chi connectivity index (χ1v) is 10.9. The molecular formula is C23H24BrN3O3. The molecule has 0 aliphatic carbocycles. The lowest BCUT2D eigenvalue weighted by molar-refractivity contribution is 0.0116. The minimum absolute atomic E-state index is 0.0859. The monoisotopic (exact) mass is 469 g/mol. The molecule has 1 amide bonds. The van der Waals surface area contributed by atoms with Crippen molar-refractivity contribution in [1.29, 1.82) is 0 Å². The summed E-state index contributed by atoms with van der Waals surface area (Å²) >= 11 is 3.42. The van der Waals surface area contributed by atoms with Crippen molar-refractivity contribution in [3.63, 3.8) is 0 Å². The summed E-state index contributed by atoms with van der Waals surface area (Å²) in [4.78, 5) is 30.6. The van der Waals surface area contributed by atoms with Crippen molar-refractivity contribution in [2.75, 3.05) is 5.32 Å². The number of halogens is 1. The first-order valence-electron chi connectivity index (χ1n) is 10.1. The fourth-order valence-corrected chi connectivity index (χ4v) is 4.13. The third-order valence-corrected chi connectivity index (χ3v) is 5.94. The van der Waals surface area contributed by atoms with Gasteiger partial charge in [0.1, 0.15) is 0 Å². The Balaban J connectivity index is 1.72. The van der Waals surface area contributed by atoms with Gasteiger partial charge in [0.15, 0.2) is 0 Å². The van der Waals surface area contributed by atoms with Crippen molar-refractivity contribution in [3.05, 3.63) is 68.9 Å². The molecule has 4 rings (SSSR count). The second-order valence-electron chi connectivity index (χ2n) is 7.95. The molecule has 0 radical (unpaired) electrons. The third-order valence-electron chi connectivity index (χ3n) is 5.45. The van der Waals surface area contributed by atoms with Crippen LogP contribution < -0.4 is 10.9 Å². The minimum atomic E-state index is -0.307. The highest BCUT2D eigenvalue weighted by Crippen LogP contribution is 2.27. The second-order valence-corrected chi connectivity index (χ2v) is 8.87. The van der Waals surface area contributed by atoms with E-state index in [9.17, 15) is 9.59 Å². The predicted molar refractivity (Wildman–Crippen MR) is 121 cm³/mol. The van der Waals surface area contributed by atoms with Gasteiger partial charge in [-0.15, -0.1) is 0 Å². The van der Waals surface area contributed by atoms with E-state index in [1.807, 2.05) is 12.1 Å². The summed E-state index contributed by atoms with van der Waals surface area (Å²) < 4.78 is 8.50. The lowest BCUT2D eigenvalue weighted by atomic mass is 10.0.